The highest BCUT2D eigenvalue weighted by Crippen LogP contribution is 2.32. The fourth-order valence-electron chi connectivity index (χ4n) is 1.94. The summed E-state index contributed by atoms with van der Waals surface area (Å²) in [6.07, 6.45) is 0.158. The third kappa shape index (κ3) is 2.10. The van der Waals surface area contributed by atoms with E-state index in [0.717, 1.165) is 0 Å². The number of fused-ring (bicyclic) bond motifs is 1. The van der Waals surface area contributed by atoms with Crippen LogP contribution in [0.4, 0.5) is 5.82 Å². The van der Waals surface area contributed by atoms with E-state index in [1.807, 2.05) is 20.8 Å². The highest BCUT2D eigenvalue weighted by molar-refractivity contribution is 5.22. The Bertz CT molecular complexity index is 449. The minimum Gasteiger partial charge on any atom is -0.439 e. The van der Waals surface area contributed by atoms with E-state index in [-0.39, 0.29) is 23.8 Å². The number of aliphatic hydroxyl groups excluding tert-OH is 1. The number of aliphatic hydroxyl groups is 1. The molecule has 0 aliphatic carbocycles. The Kier molecular flexibility index (Phi) is 2.57. The van der Waals surface area contributed by atoms with Crippen molar-refractivity contribution in [1.82, 2.24) is 9.55 Å². The molecule has 0 fully saturated rings. The maximum absolute atomic E-state index is 10.6. The summed E-state index contributed by atoms with van der Waals surface area (Å²) in [5, 5.41) is 20.5. The van der Waals surface area contributed by atoms with Crippen LogP contribution in [0.1, 0.15) is 20.8 Å². The molecule has 1 N–H and O–H groups in total. The zero-order valence-electron chi connectivity index (χ0n) is 9.95. The van der Waals surface area contributed by atoms with E-state index < -0.39 is 17.1 Å². The smallest absolute Gasteiger partial charge is 0.414 e. The molecule has 2 heterocycles. The molecule has 94 valence electrons. The molecule has 1 aliphatic heterocycles. The average molecular weight is 241 g/mol. The number of rotatable bonds is 1. The molecule has 1 aliphatic rings. The monoisotopic (exact) mass is 241 g/mol. The van der Waals surface area contributed by atoms with Gasteiger partial charge >= 0.3 is 11.8 Å². The third-order valence-corrected chi connectivity index (χ3v) is 2.73. The van der Waals surface area contributed by atoms with Gasteiger partial charge in [0.25, 0.3) is 0 Å². The van der Waals surface area contributed by atoms with Crippen molar-refractivity contribution in [2.45, 2.75) is 39.5 Å². The first-order chi connectivity index (χ1) is 7.79. The van der Waals surface area contributed by atoms with Gasteiger partial charge in [-0.3, -0.25) is 4.57 Å². The number of imidazole rings is 1. The molecule has 7 heteroatoms. The molecule has 2 atom stereocenters. The van der Waals surface area contributed by atoms with Crippen LogP contribution in [0.15, 0.2) is 6.20 Å². The molecule has 0 saturated heterocycles. The molecule has 0 radical (unpaired) electrons. The first-order valence-corrected chi connectivity index (χ1v) is 5.35. The summed E-state index contributed by atoms with van der Waals surface area (Å²) >= 11 is 0. The second-order valence-corrected chi connectivity index (χ2v) is 5.26. The molecule has 17 heavy (non-hydrogen) atoms. The molecule has 0 amide bonds. The van der Waals surface area contributed by atoms with Crippen molar-refractivity contribution in [3.05, 3.63) is 16.3 Å². The Morgan fingerprint density at radius 1 is 1.65 bits per heavy atom. The van der Waals surface area contributed by atoms with Gasteiger partial charge in [0.05, 0.1) is 6.54 Å². The molecule has 7 nitrogen and oxygen atoms in total. The molecule has 0 spiro atoms. The largest absolute Gasteiger partial charge is 0.439 e. The second-order valence-electron chi connectivity index (χ2n) is 5.26. The Labute approximate surface area is 98.2 Å². The van der Waals surface area contributed by atoms with E-state index in [9.17, 15) is 15.2 Å². The number of hydrogen-bond donors (Lipinski definition) is 1. The summed E-state index contributed by atoms with van der Waals surface area (Å²) in [4.78, 5) is 13.8. The van der Waals surface area contributed by atoms with Crippen LogP contribution in [0.5, 0.6) is 6.01 Å². The summed E-state index contributed by atoms with van der Waals surface area (Å²) in [5.74, 6) is -0.262. The molecule has 1 unspecified atom stereocenters. The quantitative estimate of drug-likeness (QED) is 0.584. The Balaban J connectivity index is 2.31. The summed E-state index contributed by atoms with van der Waals surface area (Å²) in [6, 6.07) is 0.196. The minimum absolute atomic E-state index is 0.196. The van der Waals surface area contributed by atoms with Gasteiger partial charge in [-0.2, -0.15) is 0 Å². The number of ether oxygens (including phenoxy) is 1. The van der Waals surface area contributed by atoms with E-state index in [1.54, 1.807) is 0 Å². The number of nitrogens with zero attached hydrogens (tertiary/aromatic N) is 3. The van der Waals surface area contributed by atoms with Gasteiger partial charge in [-0.15, -0.1) is 0 Å². The van der Waals surface area contributed by atoms with Gasteiger partial charge in [0, 0.05) is 10.4 Å². The van der Waals surface area contributed by atoms with Gasteiger partial charge in [-0.05, 0) is 4.92 Å². The van der Waals surface area contributed by atoms with Crippen molar-refractivity contribution in [3.63, 3.8) is 0 Å². The lowest BCUT2D eigenvalue weighted by atomic mass is 9.85. The SMILES string of the molecule is CC(C)(C)C1Oc2nc([N+](=O)[O-])cn2C[C@@H]1O. The molecule has 1 aromatic rings. The average Bonchev–Trinajstić information content (AvgIpc) is 2.57. The van der Waals surface area contributed by atoms with Crippen LogP contribution in [0.2, 0.25) is 0 Å². The summed E-state index contributed by atoms with van der Waals surface area (Å²) in [5.41, 5.74) is -0.259. The van der Waals surface area contributed by atoms with E-state index in [0.29, 0.717) is 0 Å². The first kappa shape index (κ1) is 11.8. The molecule has 0 saturated carbocycles. The summed E-state index contributed by atoms with van der Waals surface area (Å²) in [6.45, 7) is 6.08. The fourth-order valence-corrected chi connectivity index (χ4v) is 1.94. The van der Waals surface area contributed by atoms with Crippen molar-refractivity contribution < 1.29 is 14.8 Å². The van der Waals surface area contributed by atoms with Gasteiger partial charge < -0.3 is 20.0 Å². The van der Waals surface area contributed by atoms with Gasteiger partial charge in [0.1, 0.15) is 18.4 Å². The maximum atomic E-state index is 10.6. The topological polar surface area (TPSA) is 90.4 Å². The van der Waals surface area contributed by atoms with Crippen molar-refractivity contribution in [3.8, 4) is 6.01 Å². The van der Waals surface area contributed by atoms with Crippen molar-refractivity contribution >= 4 is 5.82 Å². The normalized spacial score (nSPS) is 24.0. The van der Waals surface area contributed by atoms with Crippen molar-refractivity contribution in [2.24, 2.45) is 5.41 Å². The highest BCUT2D eigenvalue weighted by Gasteiger charge is 2.40. The zero-order chi connectivity index (χ0) is 12.8. The van der Waals surface area contributed by atoms with Crippen LogP contribution in [-0.2, 0) is 6.54 Å². The zero-order valence-corrected chi connectivity index (χ0v) is 9.95. The van der Waals surface area contributed by atoms with E-state index in [1.165, 1.54) is 10.8 Å². The Morgan fingerprint density at radius 2 is 2.29 bits per heavy atom. The van der Waals surface area contributed by atoms with Crippen LogP contribution in [0.3, 0.4) is 0 Å². The highest BCUT2D eigenvalue weighted by atomic mass is 16.6. The van der Waals surface area contributed by atoms with Crippen molar-refractivity contribution in [2.75, 3.05) is 0 Å². The third-order valence-electron chi connectivity index (χ3n) is 2.73. The molecule has 1 aromatic heterocycles. The standard InChI is InChI=1S/C10H15N3O4/c1-10(2,3)8-6(14)4-12-5-7(13(15)16)11-9(12)17-8/h5-6,8,14H,4H2,1-3H3/t6-,8?/m0/s1. The van der Waals surface area contributed by atoms with Gasteiger partial charge in [-0.1, -0.05) is 20.8 Å². The van der Waals surface area contributed by atoms with Crippen LogP contribution < -0.4 is 4.74 Å². The first-order valence-electron chi connectivity index (χ1n) is 5.35. The minimum atomic E-state index is -0.698. The van der Waals surface area contributed by atoms with Crippen LogP contribution >= 0.6 is 0 Å². The predicted molar refractivity (Wildman–Crippen MR) is 58.8 cm³/mol. The van der Waals surface area contributed by atoms with E-state index in [2.05, 4.69) is 4.98 Å². The molecular weight excluding hydrogens is 226 g/mol. The molecule has 0 bridgehead atoms. The van der Waals surface area contributed by atoms with Crippen LogP contribution in [-0.4, -0.2) is 31.8 Å². The van der Waals surface area contributed by atoms with Crippen molar-refractivity contribution in [1.29, 1.82) is 0 Å². The summed E-state index contributed by atoms with van der Waals surface area (Å²) < 4.78 is 7.00. The fraction of sp³-hybridized carbons (Fsp3) is 0.700. The summed E-state index contributed by atoms with van der Waals surface area (Å²) in [7, 11) is 0. The lowest BCUT2D eigenvalue weighted by molar-refractivity contribution is -0.389. The van der Waals surface area contributed by atoms with Crippen LogP contribution in [0, 0.1) is 15.5 Å². The number of nitro groups is 1. The lowest BCUT2D eigenvalue weighted by Crippen LogP contribution is -2.47. The second kappa shape index (κ2) is 3.69. The number of hydrogen-bond acceptors (Lipinski definition) is 5. The van der Waals surface area contributed by atoms with E-state index >= 15 is 0 Å². The maximum Gasteiger partial charge on any atom is 0.414 e. The Morgan fingerprint density at radius 3 is 2.82 bits per heavy atom. The molecule has 0 aromatic carbocycles. The van der Waals surface area contributed by atoms with Gasteiger partial charge in [-0.25, -0.2) is 0 Å². The molecular formula is C10H15N3O4. The number of aromatic nitrogens is 2. The molecule has 2 rings (SSSR count). The van der Waals surface area contributed by atoms with E-state index in [4.69, 9.17) is 4.74 Å². The predicted octanol–water partition coefficient (Wildman–Crippen LogP) is 0.959. The Hall–Kier alpha value is -1.63. The van der Waals surface area contributed by atoms with Gasteiger partial charge in [0.2, 0.25) is 0 Å². The van der Waals surface area contributed by atoms with Crippen LogP contribution in [0.25, 0.3) is 0 Å². The van der Waals surface area contributed by atoms with Gasteiger partial charge in [0.15, 0.2) is 0 Å². The lowest BCUT2D eigenvalue weighted by Gasteiger charge is -2.36.